The van der Waals surface area contributed by atoms with Crippen molar-refractivity contribution < 1.29 is 23.9 Å². The number of amides is 2. The van der Waals surface area contributed by atoms with Gasteiger partial charge in [0.05, 0.1) is 0 Å². The molecule has 0 heterocycles. The van der Waals surface area contributed by atoms with Crippen molar-refractivity contribution in [3.05, 3.63) is 83.4 Å². The number of carbonyl (C=O) groups is 3. The number of benzene rings is 3. The minimum Gasteiger partial charge on any atom is -0.457 e. The maximum atomic E-state index is 12.3. The number of ether oxygens (including phenoxy) is 2. The summed E-state index contributed by atoms with van der Waals surface area (Å²) < 4.78 is 10.9. The Kier molecular flexibility index (Phi) is 9.66. The molecule has 0 aliphatic rings. The predicted molar refractivity (Wildman–Crippen MR) is 150 cm³/mol. The van der Waals surface area contributed by atoms with E-state index >= 15 is 0 Å². The smallest absolute Gasteiger partial charge is 0.306 e. The zero-order valence-corrected chi connectivity index (χ0v) is 22.7. The Hall–Kier alpha value is -4.13. The molecule has 2 amide bonds. The van der Waals surface area contributed by atoms with Gasteiger partial charge in [0.1, 0.15) is 11.5 Å². The molecule has 0 aliphatic heterocycles. The fourth-order valence-electron chi connectivity index (χ4n) is 3.67. The quantitative estimate of drug-likeness (QED) is 0.293. The van der Waals surface area contributed by atoms with E-state index < -0.39 is 11.9 Å². The number of anilines is 2. The first kappa shape index (κ1) is 28.4. The van der Waals surface area contributed by atoms with Crippen LogP contribution >= 0.6 is 0 Å². The van der Waals surface area contributed by atoms with Crippen LogP contribution in [-0.4, -0.2) is 24.4 Å². The first-order valence-corrected chi connectivity index (χ1v) is 12.7. The van der Waals surface area contributed by atoms with Gasteiger partial charge in [0.25, 0.3) is 5.91 Å². The average Bonchev–Trinajstić information content (AvgIpc) is 2.86. The molecular weight excluding hydrogens is 480 g/mol. The summed E-state index contributed by atoms with van der Waals surface area (Å²) >= 11 is 0. The van der Waals surface area contributed by atoms with Crippen LogP contribution in [0.3, 0.4) is 0 Å². The monoisotopic (exact) mass is 516 g/mol. The Balaban J connectivity index is 1.35. The maximum Gasteiger partial charge on any atom is 0.306 e. The van der Waals surface area contributed by atoms with Gasteiger partial charge < -0.3 is 20.1 Å². The zero-order chi connectivity index (χ0) is 27.7. The van der Waals surface area contributed by atoms with Crippen molar-refractivity contribution in [1.82, 2.24) is 0 Å². The topological polar surface area (TPSA) is 93.7 Å². The van der Waals surface area contributed by atoms with Crippen molar-refractivity contribution in [3.63, 3.8) is 0 Å². The summed E-state index contributed by atoms with van der Waals surface area (Å²) in [6.07, 6.45) is 0.516. The third-order valence-electron chi connectivity index (χ3n) is 6.12. The molecule has 0 atom stereocenters. The van der Waals surface area contributed by atoms with E-state index in [1.165, 1.54) is 5.56 Å². The normalized spacial score (nSPS) is 11.0. The highest BCUT2D eigenvalue weighted by Gasteiger charge is 2.13. The van der Waals surface area contributed by atoms with Crippen LogP contribution in [0.2, 0.25) is 0 Å². The molecule has 0 fully saturated rings. The number of esters is 1. The fraction of sp³-hybridized carbons (Fsp3) is 0.323. The van der Waals surface area contributed by atoms with Crippen molar-refractivity contribution in [2.75, 3.05) is 17.2 Å². The van der Waals surface area contributed by atoms with E-state index in [0.717, 1.165) is 16.9 Å². The number of aryl methyl sites for hydroxylation is 1. The minimum absolute atomic E-state index is 0.0466. The molecule has 3 aromatic rings. The second-order valence-electron chi connectivity index (χ2n) is 10.3. The fourth-order valence-corrected chi connectivity index (χ4v) is 3.67. The van der Waals surface area contributed by atoms with Gasteiger partial charge in [-0.1, -0.05) is 45.0 Å². The Morgan fingerprint density at radius 1 is 0.763 bits per heavy atom. The van der Waals surface area contributed by atoms with Crippen molar-refractivity contribution >= 4 is 29.2 Å². The molecule has 200 valence electrons. The molecule has 0 unspecified atom stereocenters. The largest absolute Gasteiger partial charge is 0.457 e. The second kappa shape index (κ2) is 12.9. The van der Waals surface area contributed by atoms with Gasteiger partial charge in [-0.3, -0.25) is 14.4 Å². The highest BCUT2D eigenvalue weighted by molar-refractivity contribution is 5.94. The van der Waals surface area contributed by atoms with Crippen LogP contribution in [0.4, 0.5) is 11.4 Å². The zero-order valence-electron chi connectivity index (χ0n) is 22.7. The summed E-state index contributed by atoms with van der Waals surface area (Å²) in [5, 5.41) is 5.55. The lowest BCUT2D eigenvalue weighted by atomic mass is 9.87. The van der Waals surface area contributed by atoms with Gasteiger partial charge in [0, 0.05) is 24.2 Å². The van der Waals surface area contributed by atoms with Gasteiger partial charge in [-0.05, 0) is 84.8 Å². The molecule has 0 saturated carbocycles. The van der Waals surface area contributed by atoms with Gasteiger partial charge in [-0.15, -0.1) is 0 Å². The summed E-state index contributed by atoms with van der Waals surface area (Å²) in [7, 11) is 0. The number of rotatable bonds is 10. The van der Waals surface area contributed by atoms with Gasteiger partial charge >= 0.3 is 5.97 Å². The van der Waals surface area contributed by atoms with Crippen LogP contribution < -0.4 is 15.4 Å². The molecule has 0 saturated heterocycles. The van der Waals surface area contributed by atoms with Crippen molar-refractivity contribution in [3.8, 4) is 11.5 Å². The molecule has 0 bridgehead atoms. The number of nitrogens with one attached hydrogen (secondary N) is 2. The molecule has 0 aromatic heterocycles. The van der Waals surface area contributed by atoms with Gasteiger partial charge in [0.2, 0.25) is 5.91 Å². The van der Waals surface area contributed by atoms with Crippen LogP contribution in [0.1, 0.15) is 56.7 Å². The second-order valence-corrected chi connectivity index (χ2v) is 10.3. The summed E-state index contributed by atoms with van der Waals surface area (Å²) in [6.45, 7) is 9.99. The lowest BCUT2D eigenvalue weighted by molar-refractivity contribution is -0.147. The van der Waals surface area contributed by atoms with Gasteiger partial charge in [-0.25, -0.2) is 0 Å². The van der Waals surface area contributed by atoms with E-state index in [1.54, 1.807) is 30.3 Å². The van der Waals surface area contributed by atoms with Crippen molar-refractivity contribution in [1.29, 1.82) is 0 Å². The SMILES string of the molecule is Cc1cccc(NC(=O)COC(=O)CCCC(=O)Nc2ccc(Oc3ccc(C(C)(C)C)cc3)cc2)c1C. The summed E-state index contributed by atoms with van der Waals surface area (Å²) in [5.74, 6) is 0.266. The van der Waals surface area contributed by atoms with E-state index in [1.807, 2.05) is 38.1 Å². The number of hydrogen-bond donors (Lipinski definition) is 2. The van der Waals surface area contributed by atoms with E-state index in [2.05, 4.69) is 43.5 Å². The Morgan fingerprint density at radius 3 is 2.03 bits per heavy atom. The Morgan fingerprint density at radius 2 is 1.39 bits per heavy atom. The first-order chi connectivity index (χ1) is 18.0. The first-order valence-electron chi connectivity index (χ1n) is 12.7. The lowest BCUT2D eigenvalue weighted by Gasteiger charge is -2.19. The van der Waals surface area contributed by atoms with E-state index in [9.17, 15) is 14.4 Å². The molecule has 38 heavy (non-hydrogen) atoms. The van der Waals surface area contributed by atoms with E-state index in [0.29, 0.717) is 23.5 Å². The average molecular weight is 517 g/mol. The molecule has 7 heteroatoms. The molecule has 7 nitrogen and oxygen atoms in total. The van der Waals surface area contributed by atoms with E-state index in [-0.39, 0.29) is 30.8 Å². The summed E-state index contributed by atoms with van der Waals surface area (Å²) in [6, 6.07) is 20.7. The molecule has 0 aliphatic carbocycles. The van der Waals surface area contributed by atoms with E-state index in [4.69, 9.17) is 9.47 Å². The van der Waals surface area contributed by atoms with Crippen LogP contribution in [0.25, 0.3) is 0 Å². The highest BCUT2D eigenvalue weighted by Crippen LogP contribution is 2.27. The molecular formula is C31H36N2O5. The van der Waals surface area contributed by atoms with Crippen LogP contribution in [-0.2, 0) is 24.5 Å². The van der Waals surface area contributed by atoms with Crippen LogP contribution in [0, 0.1) is 13.8 Å². The summed E-state index contributed by atoms with van der Waals surface area (Å²) in [4.78, 5) is 36.3. The highest BCUT2D eigenvalue weighted by atomic mass is 16.5. The van der Waals surface area contributed by atoms with Gasteiger partial charge in [-0.2, -0.15) is 0 Å². The minimum atomic E-state index is -0.522. The third-order valence-corrected chi connectivity index (χ3v) is 6.12. The Bertz CT molecular complexity index is 1260. The predicted octanol–water partition coefficient (Wildman–Crippen LogP) is 6.68. The molecule has 0 radical (unpaired) electrons. The van der Waals surface area contributed by atoms with Crippen LogP contribution in [0.5, 0.6) is 11.5 Å². The standard InChI is InChI=1S/C31H36N2O5/c1-21-8-6-9-27(22(21)2)33-29(35)20-37-30(36)11-7-10-28(34)32-24-14-18-26(19-15-24)38-25-16-12-23(13-17-25)31(3,4)5/h6,8-9,12-19H,7,10-11,20H2,1-5H3,(H,32,34)(H,33,35). The Labute approximate surface area is 224 Å². The molecule has 3 aromatic carbocycles. The van der Waals surface area contributed by atoms with Crippen molar-refractivity contribution in [2.45, 2.75) is 59.3 Å². The summed E-state index contributed by atoms with van der Waals surface area (Å²) in [5.41, 5.74) is 4.66. The number of hydrogen-bond acceptors (Lipinski definition) is 5. The molecule has 0 spiro atoms. The maximum absolute atomic E-state index is 12.3. The van der Waals surface area contributed by atoms with Gasteiger partial charge in [0.15, 0.2) is 6.61 Å². The van der Waals surface area contributed by atoms with Crippen LogP contribution in [0.15, 0.2) is 66.7 Å². The third kappa shape index (κ3) is 8.76. The lowest BCUT2D eigenvalue weighted by Crippen LogP contribution is -2.21. The number of carbonyl (C=O) groups excluding carboxylic acids is 3. The molecule has 3 rings (SSSR count). The van der Waals surface area contributed by atoms with Crippen molar-refractivity contribution in [2.24, 2.45) is 0 Å². The molecule has 2 N–H and O–H groups in total.